The monoisotopic (exact) mass is 571 g/mol. The third kappa shape index (κ3) is 5.89. The van der Waals surface area contributed by atoms with Gasteiger partial charge in [0.25, 0.3) is 5.91 Å². The number of nitrogen functional groups attached to an aromatic ring is 1. The summed E-state index contributed by atoms with van der Waals surface area (Å²) in [5, 5.41) is 19.0. The Hall–Kier alpha value is -3.26. The fourth-order valence-corrected chi connectivity index (χ4v) is 6.88. The number of halogens is 1. The summed E-state index contributed by atoms with van der Waals surface area (Å²) in [7, 11) is 0. The van der Waals surface area contributed by atoms with Crippen molar-refractivity contribution in [2.45, 2.75) is 63.5 Å². The molecular formula is C33H38ClN5O2. The smallest absolute Gasteiger partial charge is 0.255 e. The van der Waals surface area contributed by atoms with Crippen molar-refractivity contribution in [2.24, 2.45) is 0 Å². The molecule has 1 unspecified atom stereocenters. The Labute approximate surface area is 246 Å². The number of hydrogen-bond acceptors (Lipinski definition) is 6. The van der Waals surface area contributed by atoms with Gasteiger partial charge >= 0.3 is 0 Å². The summed E-state index contributed by atoms with van der Waals surface area (Å²) in [4.78, 5) is 21.9. The van der Waals surface area contributed by atoms with Crippen molar-refractivity contribution in [1.82, 2.24) is 14.8 Å². The summed E-state index contributed by atoms with van der Waals surface area (Å²) in [6.07, 6.45) is 9.84. The van der Waals surface area contributed by atoms with Crippen LogP contribution in [0, 0.1) is 5.41 Å². The summed E-state index contributed by atoms with van der Waals surface area (Å²) in [6, 6.07) is 14.4. The zero-order valence-corrected chi connectivity index (χ0v) is 24.2. The summed E-state index contributed by atoms with van der Waals surface area (Å²) < 4.78 is 0. The van der Waals surface area contributed by atoms with Crippen molar-refractivity contribution in [1.29, 1.82) is 5.41 Å². The lowest BCUT2D eigenvalue weighted by Gasteiger charge is -2.30. The highest BCUT2D eigenvalue weighted by molar-refractivity contribution is 6.34. The first-order valence-electron chi connectivity index (χ1n) is 14.9. The number of aromatic nitrogens is 1. The molecule has 0 bridgehead atoms. The summed E-state index contributed by atoms with van der Waals surface area (Å²) >= 11 is 6.56. The van der Waals surface area contributed by atoms with E-state index in [1.807, 2.05) is 6.07 Å². The maximum atomic E-state index is 13.0. The van der Waals surface area contributed by atoms with Crippen molar-refractivity contribution >= 4 is 29.0 Å². The molecule has 1 atom stereocenters. The molecule has 214 valence electrons. The topological polar surface area (TPSA) is 107 Å². The second-order valence-corrected chi connectivity index (χ2v) is 12.1. The number of anilines is 1. The van der Waals surface area contributed by atoms with Crippen LogP contribution in [0.4, 0.5) is 5.82 Å². The molecule has 1 aliphatic carbocycles. The van der Waals surface area contributed by atoms with Gasteiger partial charge in [0, 0.05) is 42.0 Å². The molecule has 41 heavy (non-hydrogen) atoms. The van der Waals surface area contributed by atoms with Crippen molar-refractivity contribution in [3.8, 4) is 11.1 Å². The number of aryl methyl sites for hydroxylation is 2. The first kappa shape index (κ1) is 27.9. The molecule has 3 aromatic rings. The average molecular weight is 572 g/mol. The first-order chi connectivity index (χ1) is 19.9. The lowest BCUT2D eigenvalue weighted by Crippen LogP contribution is -2.40. The zero-order valence-electron chi connectivity index (χ0n) is 23.4. The van der Waals surface area contributed by atoms with E-state index in [1.54, 1.807) is 29.3 Å². The van der Waals surface area contributed by atoms with Gasteiger partial charge in [0.05, 0.1) is 22.4 Å². The number of fused-ring (bicyclic) bond motifs is 1. The Morgan fingerprint density at radius 1 is 0.902 bits per heavy atom. The number of piperidine rings is 1. The number of carbonyl (C=O) groups excluding carboxylic acids is 1. The van der Waals surface area contributed by atoms with E-state index in [4.69, 9.17) is 22.7 Å². The maximum Gasteiger partial charge on any atom is 0.255 e. The summed E-state index contributed by atoms with van der Waals surface area (Å²) in [5.41, 5.74) is 12.8. The van der Waals surface area contributed by atoms with Gasteiger partial charge in [-0.1, -0.05) is 35.9 Å². The quantitative estimate of drug-likeness (QED) is 0.283. The predicted octanol–water partition coefficient (Wildman–Crippen LogP) is 5.34. The number of nitrogens with zero attached hydrogens (tertiary/aromatic N) is 3. The van der Waals surface area contributed by atoms with Gasteiger partial charge in [-0.3, -0.25) is 10.2 Å². The van der Waals surface area contributed by atoms with Gasteiger partial charge < -0.3 is 20.6 Å². The van der Waals surface area contributed by atoms with Gasteiger partial charge in [-0.05, 0) is 99.3 Å². The third-order valence-electron chi connectivity index (χ3n) is 9.12. The minimum absolute atomic E-state index is 0.155. The number of pyridine rings is 1. The highest BCUT2D eigenvalue weighted by Crippen LogP contribution is 2.31. The van der Waals surface area contributed by atoms with Crippen molar-refractivity contribution in [2.75, 3.05) is 31.9 Å². The van der Waals surface area contributed by atoms with Gasteiger partial charge in [-0.25, -0.2) is 4.98 Å². The minimum atomic E-state index is -0.356. The standard InChI is InChI=1S/C33H38ClN5O2/c34-30-19-24(7-10-28(30)33(41)39-15-11-27(40)12-16-39)31(35)29-18-25(20-37-32(29)36)23-4-3-21-5-8-26(9-6-22(21)17-23)38-13-1-2-14-38/h3-4,7,10,17-20,26-27,35,40H,1-2,5-6,8-9,11-16H2,(H2,36,37). The number of hydrogen-bond donors (Lipinski definition) is 3. The Morgan fingerprint density at radius 2 is 1.63 bits per heavy atom. The number of nitrogens with two attached hydrogens (primary N) is 1. The first-order valence-corrected chi connectivity index (χ1v) is 15.2. The highest BCUT2D eigenvalue weighted by Gasteiger charge is 2.26. The SMILES string of the molecule is N=C(c1ccc(C(=O)N2CCC(O)CC2)c(Cl)c1)c1cc(-c2ccc3c(c2)CCC(N2CCCC2)CC3)cnc1N. The van der Waals surface area contributed by atoms with Crippen molar-refractivity contribution in [3.63, 3.8) is 0 Å². The molecule has 4 N–H and O–H groups in total. The number of likely N-dealkylation sites (tertiary alicyclic amines) is 2. The van der Waals surface area contributed by atoms with Crippen molar-refractivity contribution in [3.05, 3.63) is 81.5 Å². The van der Waals surface area contributed by atoms with Crippen LogP contribution in [0.5, 0.6) is 0 Å². The molecule has 1 amide bonds. The third-order valence-corrected chi connectivity index (χ3v) is 9.43. The van der Waals surface area contributed by atoms with Gasteiger partial charge in [0.15, 0.2) is 0 Å². The fourth-order valence-electron chi connectivity index (χ4n) is 6.61. The Bertz CT molecular complexity index is 1460. The molecule has 8 heteroatoms. The molecule has 2 fully saturated rings. The van der Waals surface area contributed by atoms with E-state index in [0.717, 1.165) is 24.0 Å². The molecule has 0 spiro atoms. The molecule has 0 saturated carbocycles. The van der Waals surface area contributed by atoms with Crippen LogP contribution in [0.15, 0.2) is 48.7 Å². The Kier molecular flexibility index (Phi) is 8.11. The minimum Gasteiger partial charge on any atom is -0.393 e. The number of aliphatic hydroxyl groups is 1. The van der Waals surface area contributed by atoms with Gasteiger partial charge in [-0.2, -0.15) is 0 Å². The van der Waals surface area contributed by atoms with Gasteiger partial charge in [0.1, 0.15) is 5.82 Å². The van der Waals surface area contributed by atoms with Crippen LogP contribution in [-0.2, 0) is 12.8 Å². The van der Waals surface area contributed by atoms with E-state index in [1.165, 1.54) is 49.9 Å². The largest absolute Gasteiger partial charge is 0.393 e. The molecule has 1 aromatic heterocycles. The second-order valence-electron chi connectivity index (χ2n) is 11.7. The molecule has 2 aromatic carbocycles. The Morgan fingerprint density at radius 3 is 2.37 bits per heavy atom. The predicted molar refractivity (Wildman–Crippen MR) is 164 cm³/mol. The van der Waals surface area contributed by atoms with Crippen LogP contribution in [0.25, 0.3) is 11.1 Å². The van der Waals surface area contributed by atoms with Crippen LogP contribution < -0.4 is 5.73 Å². The molecule has 6 rings (SSSR count). The number of nitrogens with one attached hydrogen (secondary N) is 1. The van der Waals surface area contributed by atoms with E-state index in [0.29, 0.717) is 53.7 Å². The molecule has 7 nitrogen and oxygen atoms in total. The van der Waals surface area contributed by atoms with Crippen LogP contribution in [0.2, 0.25) is 5.02 Å². The number of amides is 1. The van der Waals surface area contributed by atoms with Gasteiger partial charge in [-0.15, -0.1) is 0 Å². The lowest BCUT2D eigenvalue weighted by atomic mass is 9.95. The van der Waals surface area contributed by atoms with Crippen LogP contribution in [-0.4, -0.2) is 69.8 Å². The molecule has 3 aliphatic rings. The van der Waals surface area contributed by atoms with E-state index in [9.17, 15) is 9.90 Å². The second kappa shape index (κ2) is 11.9. The Balaban J connectivity index is 1.21. The highest BCUT2D eigenvalue weighted by atomic mass is 35.5. The van der Waals surface area contributed by atoms with E-state index in [-0.39, 0.29) is 23.5 Å². The molecule has 2 saturated heterocycles. The fraction of sp³-hybridized carbons (Fsp3) is 0.424. The van der Waals surface area contributed by atoms with Crippen LogP contribution >= 0.6 is 11.6 Å². The number of rotatable bonds is 5. The molecule has 0 radical (unpaired) electrons. The van der Waals surface area contributed by atoms with E-state index in [2.05, 4.69) is 28.1 Å². The molecule has 3 heterocycles. The van der Waals surface area contributed by atoms with Crippen LogP contribution in [0.3, 0.4) is 0 Å². The number of aliphatic hydroxyl groups excluding tert-OH is 1. The van der Waals surface area contributed by atoms with Gasteiger partial charge in [0.2, 0.25) is 0 Å². The summed E-state index contributed by atoms with van der Waals surface area (Å²) in [5.74, 6) is 0.128. The zero-order chi connectivity index (χ0) is 28.5. The van der Waals surface area contributed by atoms with E-state index < -0.39 is 0 Å². The lowest BCUT2D eigenvalue weighted by molar-refractivity contribution is 0.0546. The summed E-state index contributed by atoms with van der Waals surface area (Å²) in [6.45, 7) is 3.49. The van der Waals surface area contributed by atoms with E-state index >= 15 is 0 Å². The maximum absolute atomic E-state index is 13.0. The average Bonchev–Trinajstić information content (AvgIpc) is 3.44. The van der Waals surface area contributed by atoms with Crippen LogP contribution in [0.1, 0.15) is 71.1 Å². The normalized spacial score (nSPS) is 20.0. The molecular weight excluding hydrogens is 534 g/mol. The number of benzene rings is 2. The number of carbonyl (C=O) groups is 1. The van der Waals surface area contributed by atoms with Crippen molar-refractivity contribution < 1.29 is 9.90 Å². The molecule has 2 aliphatic heterocycles.